The molecule has 3 heteroatoms. The molecule has 0 aromatic heterocycles. The largest absolute Gasteiger partial charge is 0.549 e. The fourth-order valence-corrected chi connectivity index (χ4v) is 3.16. The molecule has 0 amide bonds. The second kappa shape index (κ2) is 20.3. The highest BCUT2D eigenvalue weighted by atomic mass is 16.7. The second-order valence-corrected chi connectivity index (χ2v) is 7.11. The van der Waals surface area contributed by atoms with Crippen molar-refractivity contribution >= 4 is 6.16 Å². The Kier molecular flexibility index (Phi) is 19.7. The molecule has 0 saturated heterocycles. The van der Waals surface area contributed by atoms with Gasteiger partial charge in [-0.15, -0.1) is 0 Å². The van der Waals surface area contributed by atoms with Crippen LogP contribution < -0.4 is 0 Å². The highest BCUT2D eigenvalue weighted by Crippen LogP contribution is 2.14. The molecule has 0 heterocycles. The number of carbonyl (C=O) groups excluding carboxylic acids is 1. The van der Waals surface area contributed by atoms with Gasteiger partial charge in [-0.2, -0.15) is 9.90 Å². The van der Waals surface area contributed by atoms with Gasteiger partial charge in [0.15, 0.2) is 0 Å². The van der Waals surface area contributed by atoms with Gasteiger partial charge in [0.25, 0.3) is 0 Å². The number of carbonyl (C=O) groups is 1. The molecule has 0 fully saturated rings. The molecule has 0 spiro atoms. The van der Waals surface area contributed by atoms with E-state index in [9.17, 15) is 9.90 Å². The zero-order chi connectivity index (χ0) is 17.7. The van der Waals surface area contributed by atoms with Crippen LogP contribution in [0.4, 0.5) is 4.79 Å². The summed E-state index contributed by atoms with van der Waals surface area (Å²) in [6.07, 6.45) is 22.6. The minimum atomic E-state index is -1.40. The Balaban J connectivity index is 2.97. The predicted molar refractivity (Wildman–Crippen MR) is 101 cm³/mol. The Morgan fingerprint density at radius 2 is 0.833 bits per heavy atom. The summed E-state index contributed by atoms with van der Waals surface area (Å²) in [7, 11) is 0. The molecule has 24 heavy (non-hydrogen) atoms. The average molecular weight is 342 g/mol. The number of hydrogen-bond donors (Lipinski definition) is 0. The molecule has 0 unspecified atom stereocenters. The SMILES string of the molecule is CCCCCCCCCCCCCCCCCCCCOC([O])=O. The van der Waals surface area contributed by atoms with Gasteiger partial charge in [0.2, 0.25) is 0 Å². The lowest BCUT2D eigenvalue weighted by atomic mass is 10.0. The molecule has 3 nitrogen and oxygen atoms in total. The third-order valence-corrected chi connectivity index (χ3v) is 4.72. The van der Waals surface area contributed by atoms with Crippen molar-refractivity contribution in [2.45, 2.75) is 122 Å². The first-order valence-corrected chi connectivity index (χ1v) is 10.6. The summed E-state index contributed by atoms with van der Waals surface area (Å²) >= 11 is 0. The van der Waals surface area contributed by atoms with Crippen LogP contribution in [0.2, 0.25) is 0 Å². The van der Waals surface area contributed by atoms with Gasteiger partial charge < -0.3 is 4.74 Å². The van der Waals surface area contributed by atoms with E-state index in [1.54, 1.807) is 0 Å². The van der Waals surface area contributed by atoms with Gasteiger partial charge in [0.05, 0.1) is 6.61 Å². The highest BCUT2D eigenvalue weighted by molar-refractivity contribution is 5.56. The van der Waals surface area contributed by atoms with Gasteiger partial charge in [0.1, 0.15) is 0 Å². The Hall–Kier alpha value is -0.730. The van der Waals surface area contributed by atoms with Crippen molar-refractivity contribution in [3.8, 4) is 0 Å². The molecule has 0 N–H and O–H groups in total. The number of hydrogen-bond acceptors (Lipinski definition) is 2. The summed E-state index contributed by atoms with van der Waals surface area (Å²) in [5.74, 6) is 0. The molecule has 0 aliphatic heterocycles. The van der Waals surface area contributed by atoms with Crippen LogP contribution in [-0.4, -0.2) is 12.8 Å². The van der Waals surface area contributed by atoms with Crippen LogP contribution in [0, 0.1) is 0 Å². The van der Waals surface area contributed by atoms with Crippen molar-refractivity contribution in [1.82, 2.24) is 0 Å². The van der Waals surface area contributed by atoms with Crippen LogP contribution in [0.25, 0.3) is 0 Å². The molecule has 0 aromatic rings. The maximum absolute atomic E-state index is 10.0. The highest BCUT2D eigenvalue weighted by Gasteiger charge is 1.98. The first-order chi connectivity index (χ1) is 11.8. The number of rotatable bonds is 19. The zero-order valence-corrected chi connectivity index (χ0v) is 16.2. The lowest BCUT2D eigenvalue weighted by Gasteiger charge is -2.04. The van der Waals surface area contributed by atoms with Gasteiger partial charge in [0, 0.05) is 0 Å². The fraction of sp³-hybridized carbons (Fsp3) is 0.952. The molecule has 0 aliphatic rings. The summed E-state index contributed by atoms with van der Waals surface area (Å²) in [6, 6.07) is 0. The summed E-state index contributed by atoms with van der Waals surface area (Å²) < 4.78 is 4.38. The summed E-state index contributed by atoms with van der Waals surface area (Å²) in [5.41, 5.74) is 0. The smallest absolute Gasteiger partial charge is 0.432 e. The minimum Gasteiger partial charge on any atom is -0.432 e. The molecule has 0 aliphatic carbocycles. The normalized spacial score (nSPS) is 10.9. The van der Waals surface area contributed by atoms with Crippen molar-refractivity contribution in [3.63, 3.8) is 0 Å². The summed E-state index contributed by atoms with van der Waals surface area (Å²) in [4.78, 5) is 10.0. The Morgan fingerprint density at radius 1 is 0.542 bits per heavy atom. The Bertz CT molecular complexity index is 253. The van der Waals surface area contributed by atoms with Crippen LogP contribution in [0.15, 0.2) is 0 Å². The van der Waals surface area contributed by atoms with Gasteiger partial charge in [-0.05, 0) is 6.42 Å². The predicted octanol–water partition coefficient (Wildman–Crippen LogP) is 7.60. The minimum absolute atomic E-state index is 0.293. The first-order valence-electron chi connectivity index (χ1n) is 10.6. The first kappa shape index (κ1) is 23.3. The van der Waals surface area contributed by atoms with Crippen molar-refractivity contribution in [1.29, 1.82) is 0 Å². The van der Waals surface area contributed by atoms with E-state index in [0.29, 0.717) is 6.61 Å². The van der Waals surface area contributed by atoms with E-state index >= 15 is 0 Å². The molecule has 0 bridgehead atoms. The molecule has 0 aromatic carbocycles. The molecular formula is C21H41O3. The van der Waals surface area contributed by atoms with E-state index in [2.05, 4.69) is 11.7 Å². The Labute approximate surface area is 150 Å². The molecule has 0 saturated carbocycles. The Morgan fingerprint density at radius 3 is 1.12 bits per heavy atom. The van der Waals surface area contributed by atoms with Gasteiger partial charge in [-0.25, -0.2) is 0 Å². The average Bonchev–Trinajstić information content (AvgIpc) is 2.56. The van der Waals surface area contributed by atoms with Crippen molar-refractivity contribution < 1.29 is 14.6 Å². The molecule has 0 atom stereocenters. The van der Waals surface area contributed by atoms with Crippen LogP contribution >= 0.6 is 0 Å². The van der Waals surface area contributed by atoms with E-state index in [-0.39, 0.29) is 0 Å². The fourth-order valence-electron chi connectivity index (χ4n) is 3.16. The zero-order valence-electron chi connectivity index (χ0n) is 16.2. The van der Waals surface area contributed by atoms with E-state index < -0.39 is 6.16 Å². The van der Waals surface area contributed by atoms with Crippen molar-refractivity contribution in [3.05, 3.63) is 0 Å². The summed E-state index contributed by atoms with van der Waals surface area (Å²) in [5, 5.41) is 10.0. The maximum Gasteiger partial charge on any atom is 0.549 e. The van der Waals surface area contributed by atoms with Crippen LogP contribution in [0.5, 0.6) is 0 Å². The lowest BCUT2D eigenvalue weighted by molar-refractivity contribution is 0.0664. The van der Waals surface area contributed by atoms with Gasteiger partial charge in [-0.1, -0.05) is 116 Å². The van der Waals surface area contributed by atoms with Gasteiger partial charge >= 0.3 is 6.16 Å². The monoisotopic (exact) mass is 341 g/mol. The van der Waals surface area contributed by atoms with E-state index in [4.69, 9.17) is 0 Å². The summed E-state index contributed by atoms with van der Waals surface area (Å²) in [6.45, 7) is 2.57. The molecule has 143 valence electrons. The van der Waals surface area contributed by atoms with Crippen LogP contribution in [0.3, 0.4) is 0 Å². The second-order valence-electron chi connectivity index (χ2n) is 7.11. The third-order valence-electron chi connectivity index (χ3n) is 4.72. The standard InChI is InChI=1S/C21H41O3/c1-2-3-4-5-6-7-8-9-10-11-12-13-14-15-16-17-18-19-20-24-21(22)23/h2-20H2,1H3. The van der Waals surface area contributed by atoms with Crippen LogP contribution in [0.1, 0.15) is 122 Å². The number of unbranched alkanes of at least 4 members (excludes halogenated alkanes) is 17. The maximum atomic E-state index is 10.0. The number of ether oxygens (including phenoxy) is 1. The molecule has 1 radical (unpaired) electrons. The third kappa shape index (κ3) is 21.3. The van der Waals surface area contributed by atoms with E-state index in [0.717, 1.165) is 12.8 Å². The van der Waals surface area contributed by atoms with E-state index in [1.807, 2.05) is 0 Å². The van der Waals surface area contributed by atoms with Crippen molar-refractivity contribution in [2.24, 2.45) is 0 Å². The van der Waals surface area contributed by atoms with Crippen LogP contribution in [-0.2, 0) is 9.84 Å². The lowest BCUT2D eigenvalue weighted by Crippen LogP contribution is -1.99. The molecular weight excluding hydrogens is 300 g/mol. The van der Waals surface area contributed by atoms with E-state index in [1.165, 1.54) is 103 Å². The van der Waals surface area contributed by atoms with Crippen molar-refractivity contribution in [2.75, 3.05) is 6.61 Å². The molecule has 0 rings (SSSR count). The van der Waals surface area contributed by atoms with Gasteiger partial charge in [-0.3, -0.25) is 0 Å². The quantitative estimate of drug-likeness (QED) is 0.179. The topological polar surface area (TPSA) is 46.2 Å².